The number of aromatic nitrogens is 4. The number of esters is 2. The lowest BCUT2D eigenvalue weighted by Gasteiger charge is -2.19. The van der Waals surface area contributed by atoms with Crippen molar-refractivity contribution in [3.63, 3.8) is 0 Å². The summed E-state index contributed by atoms with van der Waals surface area (Å²) in [6, 6.07) is 0. The van der Waals surface area contributed by atoms with Crippen LogP contribution in [0, 0.1) is 0 Å². The van der Waals surface area contributed by atoms with Gasteiger partial charge in [-0.15, -0.1) is 0 Å². The van der Waals surface area contributed by atoms with Gasteiger partial charge in [0.2, 0.25) is 5.95 Å². The second-order valence-corrected chi connectivity index (χ2v) is 6.98. The van der Waals surface area contributed by atoms with Crippen molar-refractivity contribution < 1.29 is 28.2 Å². The molecule has 3 rings (SSSR count). The predicted octanol–water partition coefficient (Wildman–Crippen LogP) is 0.706. The monoisotopic (exact) mass is 425 g/mol. The Balaban J connectivity index is 2.09. The highest BCUT2D eigenvalue weighted by molar-refractivity contribution is 5.72. The summed E-state index contributed by atoms with van der Waals surface area (Å²) in [5, 5.41) is 0. The highest BCUT2D eigenvalue weighted by atomic mass is 19.1. The number of imidazole rings is 1. The lowest BCUT2D eigenvalue weighted by molar-refractivity contribution is -0.154. The maximum atomic E-state index is 15.0. The van der Waals surface area contributed by atoms with Gasteiger partial charge in [0.15, 0.2) is 24.2 Å². The van der Waals surface area contributed by atoms with Gasteiger partial charge in [0.05, 0.1) is 6.20 Å². The van der Waals surface area contributed by atoms with E-state index in [1.165, 1.54) is 17.7 Å². The molecule has 0 bridgehead atoms. The number of hydrogen-bond acceptors (Lipinski definition) is 9. The first-order valence-electron chi connectivity index (χ1n) is 9.58. The highest BCUT2D eigenvalue weighted by Gasteiger charge is 2.50. The Morgan fingerprint density at radius 3 is 2.70 bits per heavy atom. The SMILES string of the molecule is CCCCn1c(=O)n([C@@H]2O[C@H](COC(C)=O)[C@@H](F)[C@H]2OC(C)=O)c2nc(N)ncc21. The van der Waals surface area contributed by atoms with E-state index < -0.39 is 48.8 Å². The fourth-order valence-electron chi connectivity index (χ4n) is 3.39. The van der Waals surface area contributed by atoms with Gasteiger partial charge in [0.25, 0.3) is 0 Å². The minimum absolute atomic E-state index is 0.0841. The van der Waals surface area contributed by atoms with Crippen LogP contribution in [0.4, 0.5) is 10.3 Å². The molecule has 1 aliphatic heterocycles. The molecule has 30 heavy (non-hydrogen) atoms. The first kappa shape index (κ1) is 21.7. The minimum atomic E-state index is -1.83. The number of nitrogens with two attached hydrogens (primary N) is 1. The summed E-state index contributed by atoms with van der Waals surface area (Å²) < 4.78 is 33.3. The van der Waals surface area contributed by atoms with Gasteiger partial charge in [-0.25, -0.2) is 18.7 Å². The number of rotatable bonds is 7. The van der Waals surface area contributed by atoms with Crippen molar-refractivity contribution >= 4 is 29.1 Å². The highest BCUT2D eigenvalue weighted by Crippen LogP contribution is 2.35. The lowest BCUT2D eigenvalue weighted by atomic mass is 10.1. The van der Waals surface area contributed by atoms with Gasteiger partial charge in [-0.3, -0.25) is 14.2 Å². The fourth-order valence-corrected chi connectivity index (χ4v) is 3.39. The Bertz CT molecular complexity index is 1000. The summed E-state index contributed by atoms with van der Waals surface area (Å²) in [4.78, 5) is 43.9. The summed E-state index contributed by atoms with van der Waals surface area (Å²) >= 11 is 0. The number of anilines is 1. The Morgan fingerprint density at radius 2 is 2.07 bits per heavy atom. The van der Waals surface area contributed by atoms with Crippen molar-refractivity contribution in [2.45, 2.75) is 64.8 Å². The van der Waals surface area contributed by atoms with Crippen LogP contribution < -0.4 is 11.4 Å². The van der Waals surface area contributed by atoms with E-state index >= 15 is 4.39 Å². The maximum absolute atomic E-state index is 15.0. The van der Waals surface area contributed by atoms with Crippen LogP contribution in [0.25, 0.3) is 11.2 Å². The van der Waals surface area contributed by atoms with Crippen LogP contribution in [-0.4, -0.2) is 56.0 Å². The summed E-state index contributed by atoms with van der Waals surface area (Å²) in [5.74, 6) is -1.45. The van der Waals surface area contributed by atoms with E-state index in [-0.39, 0.29) is 11.6 Å². The van der Waals surface area contributed by atoms with E-state index in [1.54, 1.807) is 0 Å². The Morgan fingerprint density at radius 1 is 1.33 bits per heavy atom. The van der Waals surface area contributed by atoms with Gasteiger partial charge < -0.3 is 19.9 Å². The molecule has 1 fully saturated rings. The molecule has 1 saturated heterocycles. The van der Waals surface area contributed by atoms with Gasteiger partial charge in [-0.2, -0.15) is 4.98 Å². The normalized spacial score (nSPS) is 23.6. The third-order valence-corrected chi connectivity index (χ3v) is 4.73. The Kier molecular flexibility index (Phi) is 6.34. The van der Waals surface area contributed by atoms with E-state index in [4.69, 9.17) is 19.9 Å². The third kappa shape index (κ3) is 4.13. The molecule has 0 aliphatic carbocycles. The van der Waals surface area contributed by atoms with Crippen LogP contribution in [0.5, 0.6) is 0 Å². The molecule has 0 aromatic carbocycles. The van der Waals surface area contributed by atoms with Crippen LogP contribution in [0.2, 0.25) is 0 Å². The van der Waals surface area contributed by atoms with E-state index in [2.05, 4.69) is 9.97 Å². The van der Waals surface area contributed by atoms with Crippen LogP contribution in [0.3, 0.4) is 0 Å². The van der Waals surface area contributed by atoms with Gasteiger partial charge in [0.1, 0.15) is 18.2 Å². The third-order valence-electron chi connectivity index (χ3n) is 4.73. The number of nitrogens with zero attached hydrogens (tertiary/aromatic N) is 4. The van der Waals surface area contributed by atoms with Crippen LogP contribution >= 0.6 is 0 Å². The van der Waals surface area contributed by atoms with Gasteiger partial charge in [-0.05, 0) is 6.42 Å². The van der Waals surface area contributed by atoms with E-state index in [9.17, 15) is 14.4 Å². The predicted molar refractivity (Wildman–Crippen MR) is 102 cm³/mol. The second kappa shape index (κ2) is 8.78. The largest absolute Gasteiger partial charge is 0.463 e. The van der Waals surface area contributed by atoms with E-state index in [0.29, 0.717) is 18.5 Å². The Hall–Kier alpha value is -3.02. The quantitative estimate of drug-likeness (QED) is 0.635. The van der Waals surface area contributed by atoms with Crippen LogP contribution in [0.15, 0.2) is 11.0 Å². The topological polar surface area (TPSA) is 141 Å². The summed E-state index contributed by atoms with van der Waals surface area (Å²) in [5.41, 5.74) is 5.70. The molecule has 2 aromatic rings. The number of carbonyl (C=O) groups is 2. The molecule has 1 aliphatic rings. The molecule has 0 spiro atoms. The number of nitrogen functional groups attached to an aromatic ring is 1. The van der Waals surface area contributed by atoms with E-state index in [1.807, 2.05) is 6.92 Å². The van der Waals surface area contributed by atoms with Crippen molar-refractivity contribution in [2.75, 3.05) is 12.3 Å². The minimum Gasteiger partial charge on any atom is -0.463 e. The number of aryl methyl sites for hydroxylation is 1. The number of halogens is 1. The standard InChI is InChI=1S/C18H24FN5O6/c1-4-5-6-23-11-7-21-17(20)22-15(11)24(18(23)27)16-14(29-10(3)26)13(19)12(30-16)8-28-9(2)25/h7,12-14,16H,4-6,8H2,1-3H3,(H2,20,21,22)/t12-,13-,14-,16-/m1/s1. The summed E-state index contributed by atoms with van der Waals surface area (Å²) in [6.45, 7) is 4.26. The molecule has 2 N–H and O–H groups in total. The first-order valence-corrected chi connectivity index (χ1v) is 9.58. The van der Waals surface area contributed by atoms with Crippen molar-refractivity contribution in [1.82, 2.24) is 19.1 Å². The van der Waals surface area contributed by atoms with Crippen LogP contribution in [-0.2, 0) is 30.3 Å². The van der Waals surface area contributed by atoms with Crippen molar-refractivity contribution in [1.29, 1.82) is 0 Å². The number of fused-ring (bicyclic) bond motifs is 1. The molecule has 0 unspecified atom stereocenters. The molecular formula is C18H24FN5O6. The van der Waals surface area contributed by atoms with E-state index in [0.717, 1.165) is 17.9 Å². The average molecular weight is 425 g/mol. The zero-order chi connectivity index (χ0) is 22.0. The smallest absolute Gasteiger partial charge is 0.332 e. The van der Waals surface area contributed by atoms with Crippen LogP contribution in [0.1, 0.15) is 39.8 Å². The van der Waals surface area contributed by atoms with Gasteiger partial charge in [0, 0.05) is 20.4 Å². The zero-order valence-electron chi connectivity index (χ0n) is 16.9. The molecule has 11 nitrogen and oxygen atoms in total. The molecule has 2 aromatic heterocycles. The molecule has 4 atom stereocenters. The number of carbonyl (C=O) groups excluding carboxylic acids is 2. The molecule has 0 amide bonds. The van der Waals surface area contributed by atoms with Gasteiger partial charge >= 0.3 is 17.6 Å². The lowest BCUT2D eigenvalue weighted by Crippen LogP contribution is -2.37. The fraction of sp³-hybridized carbons (Fsp3) is 0.611. The Labute approximate surface area is 170 Å². The second-order valence-electron chi connectivity index (χ2n) is 6.98. The number of unbranched alkanes of at least 4 members (excludes halogenated alkanes) is 1. The molecule has 0 saturated carbocycles. The first-order chi connectivity index (χ1) is 14.2. The maximum Gasteiger partial charge on any atom is 0.332 e. The van der Waals surface area contributed by atoms with Crippen molar-refractivity contribution in [3.8, 4) is 0 Å². The van der Waals surface area contributed by atoms with Crippen molar-refractivity contribution in [2.24, 2.45) is 0 Å². The summed E-state index contributed by atoms with van der Waals surface area (Å²) in [6.07, 6.45) is -2.88. The molecule has 164 valence electrons. The average Bonchev–Trinajstić information content (AvgIpc) is 3.11. The number of hydrogen-bond donors (Lipinski definition) is 1. The van der Waals surface area contributed by atoms with Crippen molar-refractivity contribution in [3.05, 3.63) is 16.7 Å². The molecule has 0 radical (unpaired) electrons. The number of alkyl halides is 1. The summed E-state index contributed by atoms with van der Waals surface area (Å²) in [7, 11) is 0. The zero-order valence-corrected chi connectivity index (χ0v) is 16.9. The molecular weight excluding hydrogens is 401 g/mol. The molecule has 12 heteroatoms. The van der Waals surface area contributed by atoms with Gasteiger partial charge in [-0.1, -0.05) is 13.3 Å². The number of ether oxygens (including phenoxy) is 3. The molecule has 3 heterocycles.